The first-order chi connectivity index (χ1) is 12.0. The molecule has 3 rings (SSSR count). The molecule has 25 heavy (non-hydrogen) atoms. The van der Waals surface area contributed by atoms with Crippen LogP contribution in [-0.2, 0) is 6.42 Å². The van der Waals surface area contributed by atoms with Crippen LogP contribution >= 0.6 is 0 Å². The third-order valence-corrected chi connectivity index (χ3v) is 3.96. The molecule has 0 aliphatic carbocycles. The van der Waals surface area contributed by atoms with Gasteiger partial charge in [-0.2, -0.15) is 4.98 Å². The van der Waals surface area contributed by atoms with Gasteiger partial charge < -0.3 is 16.8 Å². The summed E-state index contributed by atoms with van der Waals surface area (Å²) in [5.41, 5.74) is 17.9. The van der Waals surface area contributed by atoms with Crippen LogP contribution < -0.4 is 16.8 Å². The predicted octanol–water partition coefficient (Wildman–Crippen LogP) is 3.58. The van der Waals surface area contributed by atoms with Crippen LogP contribution in [0.3, 0.4) is 0 Å². The minimum absolute atomic E-state index is 0.270. The zero-order chi connectivity index (χ0) is 17.8. The molecule has 0 bridgehead atoms. The fraction of sp³-hybridized carbons (Fsp3) is 0.200. The molecule has 0 aliphatic heterocycles. The quantitative estimate of drug-likeness (QED) is 0.621. The Morgan fingerprint density at radius 2 is 1.56 bits per heavy atom. The Morgan fingerprint density at radius 1 is 0.880 bits per heavy atom. The van der Waals surface area contributed by atoms with Gasteiger partial charge in [0.1, 0.15) is 5.82 Å². The number of nitrogens with zero attached hydrogens (tertiary/aromatic N) is 2. The van der Waals surface area contributed by atoms with Crippen molar-refractivity contribution in [3.8, 4) is 11.3 Å². The molecule has 128 valence electrons. The van der Waals surface area contributed by atoms with Crippen molar-refractivity contribution in [1.29, 1.82) is 0 Å². The molecular formula is C20H23N5. The second-order valence-corrected chi connectivity index (χ2v) is 6.29. The van der Waals surface area contributed by atoms with Crippen LogP contribution in [-0.4, -0.2) is 16.5 Å². The molecule has 0 radical (unpaired) electrons. The topological polar surface area (TPSA) is 89.8 Å². The molecule has 0 aliphatic rings. The Balaban J connectivity index is 1.74. The summed E-state index contributed by atoms with van der Waals surface area (Å²) in [7, 11) is 0. The molecule has 0 fully saturated rings. The molecule has 1 aromatic heterocycles. The van der Waals surface area contributed by atoms with E-state index in [-0.39, 0.29) is 5.95 Å². The summed E-state index contributed by atoms with van der Waals surface area (Å²) in [5.74, 6) is 1.00. The molecule has 0 saturated carbocycles. The zero-order valence-electron chi connectivity index (χ0n) is 14.6. The Labute approximate surface area is 148 Å². The number of anilines is 3. The maximum absolute atomic E-state index is 5.90. The summed E-state index contributed by atoms with van der Waals surface area (Å²) in [6, 6.07) is 16.2. The van der Waals surface area contributed by atoms with E-state index in [4.69, 9.17) is 11.5 Å². The van der Waals surface area contributed by atoms with Crippen molar-refractivity contribution < 1.29 is 0 Å². The smallest absolute Gasteiger partial charge is 0.222 e. The van der Waals surface area contributed by atoms with Crippen molar-refractivity contribution in [2.24, 2.45) is 0 Å². The average Bonchev–Trinajstić information content (AvgIpc) is 2.55. The van der Waals surface area contributed by atoms with Gasteiger partial charge in [-0.05, 0) is 50.1 Å². The minimum atomic E-state index is 0.270. The van der Waals surface area contributed by atoms with Gasteiger partial charge in [0.2, 0.25) is 5.95 Å². The van der Waals surface area contributed by atoms with E-state index < -0.39 is 0 Å². The summed E-state index contributed by atoms with van der Waals surface area (Å²) in [6.07, 6.45) is 0.878. The molecule has 3 aromatic rings. The molecule has 0 unspecified atom stereocenters. The van der Waals surface area contributed by atoms with Crippen molar-refractivity contribution >= 4 is 17.5 Å². The largest absolute Gasteiger partial charge is 0.399 e. The molecule has 5 heteroatoms. The lowest BCUT2D eigenvalue weighted by Gasteiger charge is -2.10. The van der Waals surface area contributed by atoms with Gasteiger partial charge in [0.25, 0.3) is 0 Å². The van der Waals surface area contributed by atoms with E-state index in [9.17, 15) is 0 Å². The Morgan fingerprint density at radius 3 is 2.24 bits per heavy atom. The molecule has 5 N–H and O–H groups in total. The van der Waals surface area contributed by atoms with Crippen LogP contribution in [0.15, 0.2) is 48.5 Å². The van der Waals surface area contributed by atoms with Gasteiger partial charge >= 0.3 is 0 Å². The van der Waals surface area contributed by atoms with Gasteiger partial charge in [0, 0.05) is 23.9 Å². The lowest BCUT2D eigenvalue weighted by molar-refractivity contribution is 1.00. The number of nitrogens with one attached hydrogen (secondary N) is 1. The third-order valence-electron chi connectivity index (χ3n) is 3.96. The first-order valence-corrected chi connectivity index (χ1v) is 8.31. The zero-order valence-corrected chi connectivity index (χ0v) is 14.6. The Bertz CT molecular complexity index is 852. The summed E-state index contributed by atoms with van der Waals surface area (Å²) in [5, 5.41) is 3.33. The summed E-state index contributed by atoms with van der Waals surface area (Å²) < 4.78 is 0. The number of aryl methyl sites for hydroxylation is 2. The Kier molecular flexibility index (Phi) is 4.84. The number of nitrogens with two attached hydrogens (primary N) is 2. The lowest BCUT2D eigenvalue weighted by atomic mass is 10.0. The van der Waals surface area contributed by atoms with Crippen LogP contribution in [0.25, 0.3) is 11.3 Å². The van der Waals surface area contributed by atoms with Gasteiger partial charge in [-0.25, -0.2) is 4.98 Å². The summed E-state index contributed by atoms with van der Waals surface area (Å²) in [6.45, 7) is 4.91. The number of hydrogen-bond acceptors (Lipinski definition) is 5. The highest BCUT2D eigenvalue weighted by atomic mass is 15.1. The first-order valence-electron chi connectivity index (χ1n) is 8.31. The summed E-state index contributed by atoms with van der Waals surface area (Å²) in [4.78, 5) is 8.66. The maximum Gasteiger partial charge on any atom is 0.222 e. The van der Waals surface area contributed by atoms with Gasteiger partial charge in [0.15, 0.2) is 0 Å². The molecule has 0 atom stereocenters. The Hall–Kier alpha value is -3.08. The van der Waals surface area contributed by atoms with Crippen LogP contribution in [0, 0.1) is 13.8 Å². The monoisotopic (exact) mass is 333 g/mol. The average molecular weight is 333 g/mol. The van der Waals surface area contributed by atoms with Crippen molar-refractivity contribution in [2.75, 3.05) is 23.3 Å². The highest BCUT2D eigenvalue weighted by Crippen LogP contribution is 2.23. The third kappa shape index (κ3) is 4.47. The van der Waals surface area contributed by atoms with Gasteiger partial charge in [-0.15, -0.1) is 0 Å². The normalized spacial score (nSPS) is 10.6. The van der Waals surface area contributed by atoms with Gasteiger partial charge in [-0.1, -0.05) is 29.3 Å². The number of nitrogen functional groups attached to an aromatic ring is 2. The van der Waals surface area contributed by atoms with E-state index in [1.807, 2.05) is 30.3 Å². The van der Waals surface area contributed by atoms with Crippen molar-refractivity contribution in [1.82, 2.24) is 9.97 Å². The van der Waals surface area contributed by atoms with E-state index in [2.05, 4.69) is 47.3 Å². The minimum Gasteiger partial charge on any atom is -0.399 e. The lowest BCUT2D eigenvalue weighted by Crippen LogP contribution is -2.08. The second-order valence-electron chi connectivity index (χ2n) is 6.29. The van der Waals surface area contributed by atoms with E-state index in [1.54, 1.807) is 0 Å². The highest BCUT2D eigenvalue weighted by molar-refractivity contribution is 5.65. The van der Waals surface area contributed by atoms with Crippen LogP contribution in [0.4, 0.5) is 17.5 Å². The number of benzene rings is 2. The van der Waals surface area contributed by atoms with Crippen molar-refractivity contribution in [3.05, 3.63) is 65.2 Å². The standard InChI is InChI=1S/C20H23N5/c1-13-9-14(2)11-16(10-13)18-12-19(25-20(22)24-18)23-8-7-15-3-5-17(21)6-4-15/h3-6,9-12H,7-8,21H2,1-2H3,(H3,22,23,24,25). The summed E-state index contributed by atoms with van der Waals surface area (Å²) >= 11 is 0. The molecule has 2 aromatic carbocycles. The van der Waals surface area contributed by atoms with Crippen molar-refractivity contribution in [2.45, 2.75) is 20.3 Å². The molecular weight excluding hydrogens is 310 g/mol. The van der Waals surface area contributed by atoms with E-state index in [0.29, 0.717) is 0 Å². The van der Waals surface area contributed by atoms with Crippen LogP contribution in [0.1, 0.15) is 16.7 Å². The van der Waals surface area contributed by atoms with Crippen LogP contribution in [0.5, 0.6) is 0 Å². The molecule has 5 nitrogen and oxygen atoms in total. The highest BCUT2D eigenvalue weighted by Gasteiger charge is 2.06. The fourth-order valence-corrected chi connectivity index (χ4v) is 2.85. The first kappa shape index (κ1) is 16.8. The van der Waals surface area contributed by atoms with Gasteiger partial charge in [0.05, 0.1) is 5.69 Å². The number of hydrogen-bond donors (Lipinski definition) is 3. The van der Waals surface area contributed by atoms with E-state index in [0.717, 1.165) is 35.7 Å². The predicted molar refractivity (Wildman–Crippen MR) is 104 cm³/mol. The number of aromatic nitrogens is 2. The molecule has 0 saturated heterocycles. The molecule has 0 spiro atoms. The number of rotatable bonds is 5. The van der Waals surface area contributed by atoms with Gasteiger partial charge in [-0.3, -0.25) is 0 Å². The maximum atomic E-state index is 5.90. The second kappa shape index (κ2) is 7.21. The van der Waals surface area contributed by atoms with E-state index >= 15 is 0 Å². The molecule has 1 heterocycles. The SMILES string of the molecule is Cc1cc(C)cc(-c2cc(NCCc3ccc(N)cc3)nc(N)n2)c1. The van der Waals surface area contributed by atoms with E-state index in [1.165, 1.54) is 16.7 Å². The van der Waals surface area contributed by atoms with Crippen LogP contribution in [0.2, 0.25) is 0 Å². The molecule has 0 amide bonds. The van der Waals surface area contributed by atoms with Crippen molar-refractivity contribution in [3.63, 3.8) is 0 Å². The fourth-order valence-electron chi connectivity index (χ4n) is 2.85.